The first-order valence-corrected chi connectivity index (χ1v) is 6.16. The van der Waals surface area contributed by atoms with Crippen LogP contribution in [0.15, 0.2) is 30.3 Å². The number of rotatable bonds is 2. The van der Waals surface area contributed by atoms with Gasteiger partial charge in [-0.3, -0.25) is 4.79 Å². The minimum atomic E-state index is -0.384. The Morgan fingerprint density at radius 1 is 1.32 bits per heavy atom. The van der Waals surface area contributed by atoms with Crippen molar-refractivity contribution in [3.05, 3.63) is 51.8 Å². The van der Waals surface area contributed by atoms with Gasteiger partial charge in [0, 0.05) is 5.56 Å². The van der Waals surface area contributed by atoms with Crippen molar-refractivity contribution in [2.24, 2.45) is 0 Å². The fourth-order valence-corrected chi connectivity index (χ4v) is 2.16. The maximum Gasteiger partial charge on any atom is 0.255 e. The third-order valence-corrected chi connectivity index (χ3v) is 2.96. The normalized spacial score (nSPS) is 10.3. The van der Waals surface area contributed by atoms with E-state index in [4.69, 9.17) is 23.2 Å². The molecule has 0 atom stereocenters. The molecule has 1 amide bonds. The van der Waals surface area contributed by atoms with Gasteiger partial charge in [-0.1, -0.05) is 29.3 Å². The number of hydrogen-bond acceptors (Lipinski definition) is 3. The predicted octanol–water partition coefficient (Wildman–Crippen LogP) is 3.65. The van der Waals surface area contributed by atoms with E-state index in [0.29, 0.717) is 16.8 Å². The summed E-state index contributed by atoms with van der Waals surface area (Å²) >= 11 is 11.7. The summed E-state index contributed by atoms with van der Waals surface area (Å²) in [5.74, 6) is -0.366. The van der Waals surface area contributed by atoms with E-state index in [1.54, 1.807) is 25.1 Å². The molecule has 2 rings (SSSR count). The molecule has 0 aliphatic rings. The van der Waals surface area contributed by atoms with Gasteiger partial charge in [0.05, 0.1) is 5.69 Å². The molecule has 0 saturated carbocycles. The number of anilines is 1. The van der Waals surface area contributed by atoms with Gasteiger partial charge in [0.2, 0.25) is 0 Å². The number of carbonyl (C=O) groups excluding carboxylic acids is 1. The van der Waals surface area contributed by atoms with E-state index < -0.39 is 0 Å². The number of aryl methyl sites for hydroxylation is 1. The first-order valence-electron chi connectivity index (χ1n) is 5.40. The quantitative estimate of drug-likeness (QED) is 0.832. The number of amides is 1. The zero-order valence-corrected chi connectivity index (χ0v) is 11.5. The van der Waals surface area contributed by atoms with E-state index in [9.17, 15) is 9.90 Å². The molecule has 0 aliphatic heterocycles. The van der Waals surface area contributed by atoms with Crippen LogP contribution in [0.1, 0.15) is 15.9 Å². The average Bonchev–Trinajstić information content (AvgIpc) is 2.33. The summed E-state index contributed by atoms with van der Waals surface area (Å²) in [7, 11) is 0. The monoisotopic (exact) mass is 296 g/mol. The van der Waals surface area contributed by atoms with Crippen LogP contribution < -0.4 is 5.32 Å². The van der Waals surface area contributed by atoms with Crippen LogP contribution in [0.4, 0.5) is 5.69 Å². The van der Waals surface area contributed by atoms with Gasteiger partial charge in [-0.25, -0.2) is 4.98 Å². The molecule has 19 heavy (non-hydrogen) atoms. The number of nitrogens with one attached hydrogen (secondary N) is 1. The van der Waals surface area contributed by atoms with E-state index in [1.807, 2.05) is 0 Å². The van der Waals surface area contributed by atoms with Crippen LogP contribution in [0.25, 0.3) is 0 Å². The van der Waals surface area contributed by atoms with Crippen LogP contribution in [0.5, 0.6) is 5.75 Å². The molecule has 0 saturated heterocycles. The molecule has 0 bridgehead atoms. The summed E-state index contributed by atoms with van der Waals surface area (Å²) < 4.78 is 0. The first-order chi connectivity index (χ1) is 8.97. The highest BCUT2D eigenvalue weighted by molar-refractivity contribution is 6.35. The van der Waals surface area contributed by atoms with Crippen molar-refractivity contribution in [2.45, 2.75) is 6.92 Å². The largest absolute Gasteiger partial charge is 0.508 e. The number of aromatic hydroxyl groups is 1. The van der Waals surface area contributed by atoms with Crippen LogP contribution in [0, 0.1) is 6.92 Å². The molecule has 0 fully saturated rings. The molecule has 0 spiro atoms. The summed E-state index contributed by atoms with van der Waals surface area (Å²) in [6.07, 6.45) is 0. The Morgan fingerprint density at radius 3 is 2.68 bits per heavy atom. The second-order valence-electron chi connectivity index (χ2n) is 3.93. The average molecular weight is 297 g/mol. The fourth-order valence-electron chi connectivity index (χ4n) is 1.58. The lowest BCUT2D eigenvalue weighted by Gasteiger charge is -2.10. The SMILES string of the molecule is Cc1cc(Cl)nc(Cl)c1NC(=O)c1cccc(O)c1. The lowest BCUT2D eigenvalue weighted by Crippen LogP contribution is -2.13. The second kappa shape index (κ2) is 5.47. The maximum absolute atomic E-state index is 12.0. The van der Waals surface area contributed by atoms with Crippen molar-refractivity contribution in [1.29, 1.82) is 0 Å². The molecular formula is C13H10Cl2N2O2. The summed E-state index contributed by atoms with van der Waals surface area (Å²) in [4.78, 5) is 15.9. The molecule has 1 heterocycles. The fraction of sp³-hybridized carbons (Fsp3) is 0.0769. The number of aromatic nitrogens is 1. The van der Waals surface area contributed by atoms with Crippen LogP contribution in [-0.4, -0.2) is 16.0 Å². The Balaban J connectivity index is 2.29. The smallest absolute Gasteiger partial charge is 0.255 e. The van der Waals surface area contributed by atoms with Gasteiger partial charge < -0.3 is 10.4 Å². The minimum absolute atomic E-state index is 0.0182. The molecule has 4 nitrogen and oxygen atoms in total. The molecule has 6 heteroatoms. The van der Waals surface area contributed by atoms with Crippen molar-refractivity contribution in [3.8, 4) is 5.75 Å². The highest BCUT2D eigenvalue weighted by Gasteiger charge is 2.13. The number of phenolic OH excluding ortho intramolecular Hbond substituents is 1. The second-order valence-corrected chi connectivity index (χ2v) is 4.68. The van der Waals surface area contributed by atoms with Gasteiger partial charge in [0.1, 0.15) is 10.9 Å². The lowest BCUT2D eigenvalue weighted by atomic mass is 10.2. The molecule has 2 aromatic rings. The third-order valence-electron chi connectivity index (χ3n) is 2.49. The van der Waals surface area contributed by atoms with E-state index in [1.165, 1.54) is 12.1 Å². The van der Waals surface area contributed by atoms with Gasteiger partial charge >= 0.3 is 0 Å². The van der Waals surface area contributed by atoms with Crippen molar-refractivity contribution >= 4 is 34.8 Å². The Hall–Kier alpha value is -1.78. The van der Waals surface area contributed by atoms with E-state index in [0.717, 1.165) is 0 Å². The Morgan fingerprint density at radius 2 is 2.05 bits per heavy atom. The van der Waals surface area contributed by atoms with Crippen molar-refractivity contribution < 1.29 is 9.90 Å². The standard InChI is InChI=1S/C13H10Cl2N2O2/c1-7-5-10(14)16-12(15)11(7)17-13(19)8-3-2-4-9(18)6-8/h2-6,18H,1H3,(H,17,19). The number of benzene rings is 1. The summed E-state index contributed by atoms with van der Waals surface area (Å²) in [6, 6.07) is 7.62. The number of halogens is 2. The Bertz CT molecular complexity index is 621. The molecule has 1 aromatic carbocycles. The van der Waals surface area contributed by atoms with Crippen LogP contribution in [0.2, 0.25) is 10.3 Å². The molecule has 0 unspecified atom stereocenters. The van der Waals surface area contributed by atoms with Gasteiger partial charge in [-0.15, -0.1) is 0 Å². The predicted molar refractivity (Wildman–Crippen MR) is 75.1 cm³/mol. The molecule has 2 N–H and O–H groups in total. The van der Waals surface area contributed by atoms with Gasteiger partial charge in [-0.2, -0.15) is 0 Å². The Kier molecular flexibility index (Phi) is 3.93. The summed E-state index contributed by atoms with van der Waals surface area (Å²) in [5.41, 5.74) is 1.43. The number of carbonyl (C=O) groups is 1. The highest BCUT2D eigenvalue weighted by Crippen LogP contribution is 2.27. The lowest BCUT2D eigenvalue weighted by molar-refractivity contribution is 0.102. The molecular weight excluding hydrogens is 287 g/mol. The zero-order chi connectivity index (χ0) is 14.0. The minimum Gasteiger partial charge on any atom is -0.508 e. The summed E-state index contributed by atoms with van der Waals surface area (Å²) in [5, 5.41) is 12.4. The van der Waals surface area contributed by atoms with E-state index >= 15 is 0 Å². The van der Waals surface area contributed by atoms with Gasteiger partial charge in [0.25, 0.3) is 5.91 Å². The molecule has 0 radical (unpaired) electrons. The van der Waals surface area contributed by atoms with Crippen LogP contribution in [-0.2, 0) is 0 Å². The van der Waals surface area contributed by atoms with Crippen LogP contribution >= 0.6 is 23.2 Å². The van der Waals surface area contributed by atoms with Crippen LogP contribution in [0.3, 0.4) is 0 Å². The van der Waals surface area contributed by atoms with Gasteiger partial charge in [-0.05, 0) is 36.8 Å². The molecule has 1 aromatic heterocycles. The summed E-state index contributed by atoms with van der Waals surface area (Å²) in [6.45, 7) is 1.76. The number of pyridine rings is 1. The van der Waals surface area contributed by atoms with Crippen molar-refractivity contribution in [3.63, 3.8) is 0 Å². The topological polar surface area (TPSA) is 62.2 Å². The number of hydrogen-bond donors (Lipinski definition) is 2. The number of phenols is 1. The first kappa shape index (κ1) is 13.6. The van der Waals surface area contributed by atoms with Gasteiger partial charge in [0.15, 0.2) is 5.15 Å². The third kappa shape index (κ3) is 3.16. The highest BCUT2D eigenvalue weighted by atomic mass is 35.5. The Labute approximate surface area is 120 Å². The molecule has 98 valence electrons. The zero-order valence-electron chi connectivity index (χ0n) is 9.95. The molecule has 0 aliphatic carbocycles. The maximum atomic E-state index is 12.0. The van der Waals surface area contributed by atoms with Crippen molar-refractivity contribution in [2.75, 3.05) is 5.32 Å². The number of nitrogens with zero attached hydrogens (tertiary/aromatic N) is 1. The van der Waals surface area contributed by atoms with E-state index in [2.05, 4.69) is 10.3 Å². The van der Waals surface area contributed by atoms with E-state index in [-0.39, 0.29) is 22.0 Å². The van der Waals surface area contributed by atoms with Crippen molar-refractivity contribution in [1.82, 2.24) is 4.98 Å².